The lowest BCUT2D eigenvalue weighted by Crippen LogP contribution is -1.82. The fourth-order valence-corrected chi connectivity index (χ4v) is 3.12. The van der Waals surface area contributed by atoms with Crippen molar-refractivity contribution in [3.63, 3.8) is 0 Å². The lowest BCUT2D eigenvalue weighted by molar-refractivity contribution is 1.64. The molecule has 0 bridgehead atoms. The fraction of sp³-hybridized carbons (Fsp3) is 0. The summed E-state index contributed by atoms with van der Waals surface area (Å²) in [6, 6.07) is 19.5. The van der Waals surface area contributed by atoms with Crippen molar-refractivity contribution in [2.45, 2.75) is 0 Å². The molecule has 0 nitrogen and oxygen atoms in total. The Bertz CT molecular complexity index is 1000. The Labute approximate surface area is 152 Å². The maximum absolute atomic E-state index is 5.66. The van der Waals surface area contributed by atoms with Crippen molar-refractivity contribution in [1.29, 1.82) is 0 Å². The minimum absolute atomic E-state index is 0.647. The van der Waals surface area contributed by atoms with Gasteiger partial charge >= 0.3 is 0 Å². The summed E-state index contributed by atoms with van der Waals surface area (Å²) in [6.45, 7) is 0. The Morgan fingerprint density at radius 3 is 1.32 bits per heavy atom. The van der Waals surface area contributed by atoms with Crippen LogP contribution in [0.3, 0.4) is 0 Å². The smallest absolute Gasteiger partial charge is 0.0954 e. The minimum atomic E-state index is 0.647. The molecule has 0 aliphatic heterocycles. The Morgan fingerprint density at radius 1 is 0.560 bits per heavy atom. The van der Waals surface area contributed by atoms with E-state index < -0.39 is 0 Å². The van der Waals surface area contributed by atoms with Crippen LogP contribution in [0.2, 0.25) is 0 Å². The van der Waals surface area contributed by atoms with Crippen LogP contribution >= 0.6 is 11.3 Å². The van der Waals surface area contributed by atoms with E-state index in [1.807, 2.05) is 60.7 Å². The van der Waals surface area contributed by atoms with Gasteiger partial charge in [-0.05, 0) is 36.1 Å². The Hall–Kier alpha value is -3.62. The molecular formula is C24H12S. The van der Waals surface area contributed by atoms with Crippen molar-refractivity contribution in [2.24, 2.45) is 0 Å². The van der Waals surface area contributed by atoms with Gasteiger partial charge in [-0.15, -0.1) is 24.2 Å². The molecule has 1 heterocycles. The molecule has 0 aliphatic rings. The topological polar surface area (TPSA) is 0 Å². The number of thiophene rings is 1. The summed E-state index contributed by atoms with van der Waals surface area (Å²) >= 11 is 1.44. The minimum Gasteiger partial charge on any atom is -0.115 e. The molecule has 0 radical (unpaired) electrons. The fourth-order valence-electron chi connectivity index (χ4n) is 2.18. The molecule has 114 valence electrons. The van der Waals surface area contributed by atoms with Crippen LogP contribution in [0.5, 0.6) is 0 Å². The first-order valence-corrected chi connectivity index (χ1v) is 8.37. The molecule has 0 saturated heterocycles. The number of terminal acetylenes is 2. The van der Waals surface area contributed by atoms with Crippen LogP contribution in [0.25, 0.3) is 0 Å². The first-order chi connectivity index (χ1) is 12.3. The number of benzene rings is 2. The molecule has 0 atom stereocenters. The lowest BCUT2D eigenvalue weighted by Gasteiger charge is -1.89. The van der Waals surface area contributed by atoms with Gasteiger partial charge in [0.25, 0.3) is 0 Å². The van der Waals surface area contributed by atoms with Gasteiger partial charge in [0, 0.05) is 11.1 Å². The van der Waals surface area contributed by atoms with E-state index in [2.05, 4.69) is 35.5 Å². The van der Waals surface area contributed by atoms with E-state index in [9.17, 15) is 0 Å². The quantitative estimate of drug-likeness (QED) is 0.531. The molecule has 3 aromatic rings. The predicted octanol–water partition coefficient (Wildman–Crippen LogP) is 4.51. The normalized spacial score (nSPS) is 8.88. The average molecular weight is 332 g/mol. The van der Waals surface area contributed by atoms with Crippen LogP contribution in [0.1, 0.15) is 32.0 Å². The van der Waals surface area contributed by atoms with Gasteiger partial charge in [0.05, 0.1) is 20.9 Å². The monoisotopic (exact) mass is 332 g/mol. The molecule has 0 fully saturated rings. The van der Waals surface area contributed by atoms with Crippen molar-refractivity contribution < 1.29 is 0 Å². The zero-order valence-corrected chi connectivity index (χ0v) is 14.2. The zero-order chi connectivity index (χ0) is 17.5. The van der Waals surface area contributed by atoms with Crippen LogP contribution in [-0.4, -0.2) is 0 Å². The lowest BCUT2D eigenvalue weighted by atomic mass is 10.1. The highest BCUT2D eigenvalue weighted by Crippen LogP contribution is 2.26. The van der Waals surface area contributed by atoms with Crippen molar-refractivity contribution in [3.8, 4) is 48.4 Å². The van der Waals surface area contributed by atoms with Crippen molar-refractivity contribution in [3.05, 3.63) is 92.7 Å². The van der Waals surface area contributed by atoms with Crippen molar-refractivity contribution in [1.82, 2.24) is 0 Å². The molecule has 0 spiro atoms. The molecule has 2 aromatic carbocycles. The molecule has 0 amide bonds. The van der Waals surface area contributed by atoms with E-state index in [1.165, 1.54) is 11.3 Å². The molecule has 0 saturated carbocycles. The van der Waals surface area contributed by atoms with Gasteiger partial charge in [-0.2, -0.15) is 0 Å². The summed E-state index contributed by atoms with van der Waals surface area (Å²) < 4.78 is 0. The molecule has 0 N–H and O–H groups in total. The first-order valence-electron chi connectivity index (χ1n) is 7.56. The van der Waals surface area contributed by atoms with Crippen LogP contribution in [0, 0.1) is 48.4 Å². The van der Waals surface area contributed by atoms with Gasteiger partial charge in [0.2, 0.25) is 0 Å². The summed E-state index contributed by atoms with van der Waals surface area (Å²) in [6.07, 6.45) is 11.3. The molecule has 3 rings (SSSR count). The maximum Gasteiger partial charge on any atom is 0.0954 e. The standard InChI is InChI=1S/C24H12S/c1-3-21-22(4-2)24(18-16-20-13-9-6-10-14-20)25-23(21)17-15-19-11-7-5-8-12-19/h1-2,5-14H. The van der Waals surface area contributed by atoms with Gasteiger partial charge in [-0.25, -0.2) is 0 Å². The average Bonchev–Trinajstić information content (AvgIpc) is 3.03. The van der Waals surface area contributed by atoms with Crippen LogP contribution in [-0.2, 0) is 0 Å². The zero-order valence-electron chi connectivity index (χ0n) is 13.3. The Kier molecular flexibility index (Phi) is 5.05. The highest BCUT2D eigenvalue weighted by Gasteiger charge is 2.12. The second-order valence-corrected chi connectivity index (χ2v) is 6.05. The van der Waals surface area contributed by atoms with Gasteiger partial charge in [0.15, 0.2) is 0 Å². The molecule has 1 heteroatoms. The number of hydrogen-bond donors (Lipinski definition) is 0. The van der Waals surface area contributed by atoms with Gasteiger partial charge in [0.1, 0.15) is 0 Å². The van der Waals surface area contributed by atoms with Gasteiger partial charge in [-0.3, -0.25) is 0 Å². The molecule has 0 unspecified atom stereocenters. The second-order valence-electron chi connectivity index (χ2n) is 5.03. The summed E-state index contributed by atoms with van der Waals surface area (Å²) in [4.78, 5) is 1.55. The van der Waals surface area contributed by atoms with E-state index in [4.69, 9.17) is 12.8 Å². The Balaban J connectivity index is 2.04. The first kappa shape index (κ1) is 16.2. The van der Waals surface area contributed by atoms with E-state index in [-0.39, 0.29) is 0 Å². The third-order valence-electron chi connectivity index (χ3n) is 3.39. The van der Waals surface area contributed by atoms with E-state index in [0.717, 1.165) is 20.9 Å². The predicted molar refractivity (Wildman–Crippen MR) is 105 cm³/mol. The molecule has 25 heavy (non-hydrogen) atoms. The van der Waals surface area contributed by atoms with Crippen LogP contribution in [0.15, 0.2) is 60.7 Å². The molecular weight excluding hydrogens is 320 g/mol. The summed E-state index contributed by atoms with van der Waals surface area (Å²) in [7, 11) is 0. The van der Waals surface area contributed by atoms with E-state index >= 15 is 0 Å². The van der Waals surface area contributed by atoms with E-state index in [1.54, 1.807) is 0 Å². The summed E-state index contributed by atoms with van der Waals surface area (Å²) in [5.74, 6) is 17.9. The Morgan fingerprint density at radius 2 is 0.960 bits per heavy atom. The van der Waals surface area contributed by atoms with Gasteiger partial charge < -0.3 is 0 Å². The second kappa shape index (κ2) is 7.77. The highest BCUT2D eigenvalue weighted by molar-refractivity contribution is 7.13. The van der Waals surface area contributed by atoms with Crippen LogP contribution < -0.4 is 0 Å². The van der Waals surface area contributed by atoms with E-state index in [0.29, 0.717) is 11.1 Å². The maximum atomic E-state index is 5.66. The summed E-state index contributed by atoms with van der Waals surface area (Å²) in [5, 5.41) is 0. The number of rotatable bonds is 0. The van der Waals surface area contributed by atoms with Crippen molar-refractivity contribution >= 4 is 11.3 Å². The van der Waals surface area contributed by atoms with Crippen molar-refractivity contribution in [2.75, 3.05) is 0 Å². The molecule has 1 aromatic heterocycles. The highest BCUT2D eigenvalue weighted by atomic mass is 32.1. The largest absolute Gasteiger partial charge is 0.115 e. The van der Waals surface area contributed by atoms with Gasteiger partial charge in [-0.1, -0.05) is 60.1 Å². The SMILES string of the molecule is C#Cc1c(C#Cc2ccccc2)sc(C#Cc2ccccc2)c1C#C. The number of hydrogen-bond acceptors (Lipinski definition) is 1. The third-order valence-corrected chi connectivity index (χ3v) is 4.41. The third kappa shape index (κ3) is 3.83. The molecule has 0 aliphatic carbocycles. The van der Waals surface area contributed by atoms with Crippen LogP contribution in [0.4, 0.5) is 0 Å². The summed E-state index contributed by atoms with van der Waals surface area (Å²) in [5.41, 5.74) is 3.15.